The molecule has 17 nitrogen and oxygen atoms in total. The standard InChI is InChI=1S/C56H50N6O11S5/c1-55(2,3)72-51(69)52(77-39-23-15-8-16-24-39)73-60-42(40-32-76-54(57-40)59-56(35-17-9-5-10-18-35,36-19-11-6-12-20-36)37-21-13-7-14-22-37)46(64)58-43-47(65)62-44(50(68)71-29-33-25-27-38(70-4)28-26-33)34(30-74-48(43)62)31-75-53-41(49(66)67)45(63)61-78-53/h5-28,32,43,48,52H,29-31H2,1-4H3,(H,57,59)(H,58,64)(H,61,63)(H,66,67)/b60-42-/t43-,48+,52-/m1/s1. The van der Waals surface area contributed by atoms with E-state index in [0.717, 1.165) is 51.7 Å². The van der Waals surface area contributed by atoms with E-state index in [2.05, 4.69) is 20.2 Å². The molecule has 22 heteroatoms. The fourth-order valence-electron chi connectivity index (χ4n) is 8.43. The van der Waals surface area contributed by atoms with Crippen LogP contribution in [0.25, 0.3) is 0 Å². The lowest BCUT2D eigenvalue weighted by atomic mass is 9.77. The van der Waals surface area contributed by atoms with Crippen LogP contribution in [0, 0.1) is 0 Å². The Morgan fingerprint density at radius 1 is 0.859 bits per heavy atom. The molecular formula is C56H50N6O11S5. The number of aromatic amines is 1. The van der Waals surface area contributed by atoms with Crippen molar-refractivity contribution in [2.75, 3.05) is 23.9 Å². The number of carboxylic acids is 1. The van der Waals surface area contributed by atoms with Gasteiger partial charge in [0.2, 0.25) is 0 Å². The third-order valence-electron chi connectivity index (χ3n) is 12.0. The minimum absolute atomic E-state index is 0.0236. The number of carboxylic acid groups (broad SMARTS) is 1. The smallest absolute Gasteiger partial charge is 0.361 e. The lowest BCUT2D eigenvalue weighted by molar-refractivity contribution is -0.162. The molecule has 1 fully saturated rings. The van der Waals surface area contributed by atoms with Crippen LogP contribution in [-0.2, 0) is 45.6 Å². The number of esters is 2. The van der Waals surface area contributed by atoms with Gasteiger partial charge in [-0.05, 0) is 72.9 Å². The molecule has 2 aliphatic heterocycles. The number of nitrogens with zero attached hydrogens (tertiary/aromatic N) is 3. The van der Waals surface area contributed by atoms with Crippen molar-refractivity contribution >= 4 is 98.7 Å². The lowest BCUT2D eigenvalue weighted by Crippen LogP contribution is -2.71. The quantitative estimate of drug-likeness (QED) is 0.00999. The monoisotopic (exact) mass is 1140 g/mol. The second-order valence-corrected chi connectivity index (χ2v) is 23.5. The minimum atomic E-state index is -1.41. The Labute approximate surface area is 469 Å². The highest BCUT2D eigenvalue weighted by Gasteiger charge is 2.55. The summed E-state index contributed by atoms with van der Waals surface area (Å²) in [6, 6.07) is 44.3. The summed E-state index contributed by atoms with van der Waals surface area (Å²) in [6.45, 7) is 4.99. The number of benzene rings is 5. The van der Waals surface area contributed by atoms with Gasteiger partial charge >= 0.3 is 17.9 Å². The van der Waals surface area contributed by atoms with Gasteiger partial charge in [0.05, 0.1) is 11.3 Å². The molecular weight excluding hydrogens is 1090 g/mol. The van der Waals surface area contributed by atoms with Gasteiger partial charge in [0.25, 0.3) is 22.8 Å². The van der Waals surface area contributed by atoms with Crippen LogP contribution in [0.2, 0.25) is 0 Å². The van der Waals surface area contributed by atoms with E-state index < -0.39 is 68.8 Å². The molecule has 3 atom stereocenters. The van der Waals surface area contributed by atoms with Crippen molar-refractivity contribution in [1.29, 1.82) is 0 Å². The van der Waals surface area contributed by atoms with Gasteiger partial charge in [-0.2, -0.15) is 0 Å². The summed E-state index contributed by atoms with van der Waals surface area (Å²) >= 11 is 5.36. The SMILES string of the molecule is COc1ccc(COC(=O)C2=C(CSc3s[nH]c(=O)c3C(=O)O)CS[C@H]3[C@H](NC(=O)/C(=N\O[C@H](Sc4ccccc4)C(=O)OC(C)(C)C)c4csc(NC(c5ccccc5)(c5ccccc5)c5ccccc5)n4)C(=O)N23)cc1. The van der Waals surface area contributed by atoms with Gasteiger partial charge in [-0.25, -0.2) is 19.4 Å². The number of rotatable bonds is 21. The van der Waals surface area contributed by atoms with Gasteiger partial charge in [-0.3, -0.25) is 23.7 Å². The molecule has 7 aromatic rings. The number of β-lactam (4-membered cyclic amide) rings is 1. The van der Waals surface area contributed by atoms with E-state index in [1.165, 1.54) is 35.1 Å². The molecule has 0 radical (unpaired) electrons. The number of thioether (sulfide) groups is 3. The number of hydrogen-bond acceptors (Lipinski definition) is 18. The van der Waals surface area contributed by atoms with Crippen LogP contribution in [0.1, 0.15) is 59.1 Å². The van der Waals surface area contributed by atoms with Crippen molar-refractivity contribution in [1.82, 2.24) is 19.6 Å². The number of nitrogens with one attached hydrogen (secondary N) is 3. The van der Waals surface area contributed by atoms with Gasteiger partial charge in [0, 0.05) is 21.8 Å². The summed E-state index contributed by atoms with van der Waals surface area (Å²) in [5.74, 6) is -3.74. The molecule has 0 aliphatic carbocycles. The first-order valence-corrected chi connectivity index (χ1v) is 28.7. The minimum Gasteiger partial charge on any atom is -0.497 e. The number of methoxy groups -OCH3 is 1. The highest BCUT2D eigenvalue weighted by Crippen LogP contribution is 2.44. The van der Waals surface area contributed by atoms with Crippen molar-refractivity contribution in [3.8, 4) is 5.75 Å². The van der Waals surface area contributed by atoms with E-state index in [-0.39, 0.29) is 39.4 Å². The average Bonchev–Trinajstić information content (AvgIpc) is 4.11. The number of hydrogen-bond donors (Lipinski definition) is 4. The van der Waals surface area contributed by atoms with E-state index >= 15 is 0 Å². The summed E-state index contributed by atoms with van der Waals surface area (Å²) in [6.07, 6.45) is 0. The Bertz CT molecular complexity index is 3330. The topological polar surface area (TPSA) is 228 Å². The summed E-state index contributed by atoms with van der Waals surface area (Å²) < 4.78 is 19.4. The van der Waals surface area contributed by atoms with E-state index in [1.807, 2.05) is 97.1 Å². The van der Waals surface area contributed by atoms with E-state index in [0.29, 0.717) is 26.9 Å². The van der Waals surface area contributed by atoms with Crippen LogP contribution < -0.4 is 20.9 Å². The van der Waals surface area contributed by atoms with Gasteiger partial charge in [-0.1, -0.05) is 150 Å². The maximum Gasteiger partial charge on any atom is 0.361 e. The Balaban J connectivity index is 1.05. The molecule has 4 heterocycles. The first kappa shape index (κ1) is 55.1. The Kier molecular flexibility index (Phi) is 17.2. The van der Waals surface area contributed by atoms with Crippen LogP contribution in [0.4, 0.5) is 5.13 Å². The predicted octanol–water partition coefficient (Wildman–Crippen LogP) is 9.37. The maximum absolute atomic E-state index is 15.0. The molecule has 2 aliphatic rings. The zero-order valence-corrected chi connectivity index (χ0v) is 46.3. The fraction of sp³-hybridized carbons (Fsp3) is 0.214. The molecule has 9 rings (SSSR count). The molecule has 4 N–H and O–H groups in total. The molecule has 400 valence electrons. The third-order valence-corrected chi connectivity index (χ3v) is 17.4. The number of amides is 2. The normalized spacial score (nSPS) is 15.8. The second-order valence-electron chi connectivity index (χ2n) is 18.4. The molecule has 5 aromatic carbocycles. The molecule has 2 amide bonds. The number of carbonyl (C=O) groups is 5. The molecule has 0 saturated carbocycles. The number of thiazole rings is 1. The molecule has 2 aromatic heterocycles. The average molecular weight is 1140 g/mol. The van der Waals surface area contributed by atoms with E-state index in [9.17, 15) is 33.9 Å². The van der Waals surface area contributed by atoms with Crippen molar-refractivity contribution in [3.63, 3.8) is 0 Å². The lowest BCUT2D eigenvalue weighted by Gasteiger charge is -2.49. The number of oxime groups is 1. The fourth-order valence-corrected chi connectivity index (χ4v) is 13.4. The maximum atomic E-state index is 15.0. The molecule has 0 bridgehead atoms. The Hall–Kier alpha value is -7.63. The van der Waals surface area contributed by atoms with Crippen molar-refractivity contribution < 1.29 is 48.1 Å². The molecule has 78 heavy (non-hydrogen) atoms. The van der Waals surface area contributed by atoms with Crippen molar-refractivity contribution in [2.45, 2.75) is 64.5 Å². The number of fused-ring (bicyclic) bond motifs is 1. The first-order chi connectivity index (χ1) is 37.6. The van der Waals surface area contributed by atoms with Crippen LogP contribution in [0.5, 0.6) is 5.75 Å². The van der Waals surface area contributed by atoms with Gasteiger partial charge in [0.1, 0.15) is 46.3 Å². The van der Waals surface area contributed by atoms with Crippen LogP contribution in [0.15, 0.2) is 181 Å². The summed E-state index contributed by atoms with van der Waals surface area (Å²) in [7, 11) is 1.53. The number of ether oxygens (including phenoxy) is 3. The summed E-state index contributed by atoms with van der Waals surface area (Å²) in [4.78, 5) is 94.7. The first-order valence-electron chi connectivity index (χ1n) is 24.1. The number of H-pyrrole nitrogens is 1. The summed E-state index contributed by atoms with van der Waals surface area (Å²) in [5.41, 5.74) is -1.12. The van der Waals surface area contributed by atoms with Gasteiger partial charge < -0.3 is 34.8 Å². The Morgan fingerprint density at radius 2 is 1.46 bits per heavy atom. The van der Waals surface area contributed by atoms with Crippen LogP contribution in [-0.4, -0.2) is 95.9 Å². The van der Waals surface area contributed by atoms with Crippen LogP contribution >= 0.6 is 58.2 Å². The second kappa shape index (κ2) is 24.4. The zero-order valence-electron chi connectivity index (χ0n) is 42.2. The number of carbonyl (C=O) groups excluding carboxylic acids is 4. The van der Waals surface area contributed by atoms with Crippen molar-refractivity contribution in [2.24, 2.45) is 5.16 Å². The van der Waals surface area contributed by atoms with Gasteiger partial charge in [0.15, 0.2) is 16.4 Å². The van der Waals surface area contributed by atoms with Gasteiger partial charge in [-0.15, -0.1) is 34.9 Å². The largest absolute Gasteiger partial charge is 0.497 e. The molecule has 0 unspecified atom stereocenters. The third kappa shape index (κ3) is 12.4. The summed E-state index contributed by atoms with van der Waals surface area (Å²) in [5, 5.41) is 21.9. The zero-order chi connectivity index (χ0) is 55.0. The highest BCUT2D eigenvalue weighted by atomic mass is 32.2. The Morgan fingerprint density at radius 3 is 2.04 bits per heavy atom. The van der Waals surface area contributed by atoms with Crippen LogP contribution in [0.3, 0.4) is 0 Å². The molecule has 0 spiro atoms. The highest BCUT2D eigenvalue weighted by molar-refractivity contribution is 8.02. The van der Waals surface area contributed by atoms with Crippen molar-refractivity contribution in [3.05, 3.63) is 206 Å². The van der Waals surface area contributed by atoms with E-state index in [1.54, 1.807) is 74.7 Å². The number of aromatic nitrogens is 2. The number of anilines is 1. The molecule has 1 saturated heterocycles. The number of aromatic carboxylic acids is 1. The van der Waals surface area contributed by atoms with E-state index in [4.69, 9.17) is 24.0 Å². The predicted molar refractivity (Wildman–Crippen MR) is 302 cm³/mol.